The van der Waals surface area contributed by atoms with Crippen LogP contribution in [0.5, 0.6) is 0 Å². The van der Waals surface area contributed by atoms with Gasteiger partial charge in [-0.2, -0.15) is 0 Å². The van der Waals surface area contributed by atoms with Crippen LogP contribution >= 0.6 is 0 Å². The molecule has 0 N–H and O–H groups in total. The first kappa shape index (κ1) is 53.7. The Balaban J connectivity index is 0.00000651. The van der Waals surface area contributed by atoms with Crippen LogP contribution < -0.4 is 9.97 Å². The Morgan fingerprint density at radius 1 is 0.272 bits per heavy atom. The molecule has 4 nitrogen and oxygen atoms in total. The fourth-order valence-electron chi connectivity index (χ4n) is 12.0. The van der Waals surface area contributed by atoms with Crippen LogP contribution in [0.25, 0.3) is 134 Å². The minimum Gasteiger partial charge on any atom is -0.657 e. The van der Waals surface area contributed by atoms with Gasteiger partial charge >= 0.3 is 19.5 Å². The third-order valence-electron chi connectivity index (χ3n) is 16.6. The zero-order valence-corrected chi connectivity index (χ0v) is 51.9. The zero-order chi connectivity index (χ0) is 55.6. The molecule has 8 bridgehead atoms. The second-order valence-corrected chi connectivity index (χ2v) is 26.3. The van der Waals surface area contributed by atoms with Crippen molar-refractivity contribution in [2.45, 2.75) is 105 Å². The van der Waals surface area contributed by atoms with Crippen LogP contribution in [0.4, 0.5) is 0 Å². The second-order valence-electron chi connectivity index (χ2n) is 26.3. The molecule has 11 aromatic rings. The van der Waals surface area contributed by atoms with E-state index in [4.69, 9.17) is 19.9 Å². The first-order chi connectivity index (χ1) is 38.2. The Labute approximate surface area is 489 Å². The molecule has 0 spiro atoms. The normalized spacial score (nSPS) is 13.0. The molecule has 0 amide bonds. The van der Waals surface area contributed by atoms with E-state index in [2.05, 4.69) is 277 Å². The van der Waals surface area contributed by atoms with Crippen LogP contribution in [0.2, 0.25) is 0 Å². The topological polar surface area (TPSA) is 54.0 Å². The molecule has 81 heavy (non-hydrogen) atoms. The van der Waals surface area contributed by atoms with Gasteiger partial charge in [-0.25, -0.2) is 9.97 Å². The fourth-order valence-corrected chi connectivity index (χ4v) is 12.0. The predicted molar refractivity (Wildman–Crippen MR) is 343 cm³/mol. The van der Waals surface area contributed by atoms with E-state index in [0.717, 1.165) is 132 Å². The largest absolute Gasteiger partial charge is 2.00 e. The molecule has 2 aliphatic heterocycles. The molecular formula is C76H68N4Zn. The summed E-state index contributed by atoms with van der Waals surface area (Å²) in [6.07, 6.45) is 8.86. The van der Waals surface area contributed by atoms with Gasteiger partial charge in [0.15, 0.2) is 0 Å². The van der Waals surface area contributed by atoms with Crippen molar-refractivity contribution in [1.29, 1.82) is 0 Å². The maximum atomic E-state index is 5.86. The predicted octanol–water partition coefficient (Wildman–Crippen LogP) is 20.4. The molecular weight excluding hydrogens is 1030 g/mol. The summed E-state index contributed by atoms with van der Waals surface area (Å²) in [4.78, 5) is 23.5. The molecule has 13 rings (SSSR count). The third kappa shape index (κ3) is 9.58. The van der Waals surface area contributed by atoms with Crippen molar-refractivity contribution in [2.75, 3.05) is 0 Å². The van der Waals surface area contributed by atoms with Crippen molar-refractivity contribution in [2.24, 2.45) is 0 Å². The third-order valence-corrected chi connectivity index (χ3v) is 16.6. The molecule has 0 saturated carbocycles. The molecule has 0 aliphatic carbocycles. The van der Waals surface area contributed by atoms with E-state index in [0.29, 0.717) is 0 Å². The number of nitrogens with zero attached hydrogens (tertiary/aromatic N) is 4. The molecule has 394 valence electrons. The zero-order valence-electron chi connectivity index (χ0n) is 49.0. The van der Waals surface area contributed by atoms with E-state index in [1.54, 1.807) is 0 Å². The van der Waals surface area contributed by atoms with Gasteiger partial charge in [0.2, 0.25) is 0 Å². The average Bonchev–Trinajstić information content (AvgIpc) is 4.30. The summed E-state index contributed by atoms with van der Waals surface area (Å²) in [6.45, 7) is 27.7. The van der Waals surface area contributed by atoms with E-state index in [-0.39, 0.29) is 41.1 Å². The minimum atomic E-state index is -0.128. The van der Waals surface area contributed by atoms with E-state index in [1.165, 1.54) is 22.3 Å². The minimum absolute atomic E-state index is 0. The van der Waals surface area contributed by atoms with E-state index < -0.39 is 0 Å². The number of hydrogen-bond donors (Lipinski definition) is 0. The van der Waals surface area contributed by atoms with Gasteiger partial charge in [-0.3, -0.25) is 0 Å². The average molecular weight is 1100 g/mol. The van der Waals surface area contributed by atoms with Crippen molar-refractivity contribution in [3.8, 4) is 44.5 Å². The quantitative estimate of drug-likeness (QED) is 0.130. The summed E-state index contributed by atoms with van der Waals surface area (Å²) in [6, 6.07) is 62.8. The Kier molecular flexibility index (Phi) is 13.0. The van der Waals surface area contributed by atoms with Crippen LogP contribution in [0.1, 0.15) is 128 Å². The van der Waals surface area contributed by atoms with Crippen LogP contribution in [-0.4, -0.2) is 9.97 Å². The molecule has 0 atom stereocenters. The van der Waals surface area contributed by atoms with Crippen molar-refractivity contribution >= 4 is 89.5 Å². The monoisotopic (exact) mass is 1100 g/mol. The van der Waals surface area contributed by atoms with Gasteiger partial charge in [0.1, 0.15) is 0 Å². The van der Waals surface area contributed by atoms with E-state index in [9.17, 15) is 0 Å². The number of fused-ring (bicyclic) bond motifs is 12. The Hall–Kier alpha value is -7.98. The molecule has 0 saturated heterocycles. The summed E-state index contributed by atoms with van der Waals surface area (Å²) < 4.78 is 0. The van der Waals surface area contributed by atoms with Crippen LogP contribution in [0.15, 0.2) is 170 Å². The molecule has 5 heterocycles. The standard InChI is InChI=1S/C76H68N4.Zn/c1-73(2,3)51-39-49(40-52(43-51)74(4,5)6)67-59-29-33-63(77-59)71(69-55-25-17-13-21-45(55)37-46-22-14-18-26-56(46)69)65-35-31-61(79-65)68(50-41-53(75(7,8)9)44-54(42-50)76(10,11)12)62-32-36-66(80-62)72(64-34-30-60(67)78-64)70-57-27-19-15-23-47(57)38-48-24-16-20-28-58(48)70;/h13-44H,1-12H3;/q-2;+2. The van der Waals surface area contributed by atoms with Crippen molar-refractivity contribution < 1.29 is 19.5 Å². The molecule has 5 heteroatoms. The molecule has 3 aromatic heterocycles. The van der Waals surface area contributed by atoms with E-state index in [1.807, 2.05) is 0 Å². The van der Waals surface area contributed by atoms with Gasteiger partial charge in [-0.1, -0.05) is 241 Å². The molecule has 2 aliphatic rings. The SMILES string of the molecule is CC(C)(C)c1cc(-c2c3nc(c(-c4c5ccccc5cc5ccccc45)c4ccc([n-]4)c(-c4cc(C(C)(C)C)cc(C(C)(C)C)c4)c4nc(c(-c5c6ccccc6cc6ccccc56)c5ccc2[n-]5)C=C4)C=C3)cc(C(C)(C)C)c1.[Zn+2]. The molecule has 8 aromatic carbocycles. The smallest absolute Gasteiger partial charge is 0.657 e. The van der Waals surface area contributed by atoms with Crippen molar-refractivity contribution in [3.63, 3.8) is 0 Å². The van der Waals surface area contributed by atoms with Gasteiger partial charge in [-0.15, -0.1) is 22.1 Å². The maximum Gasteiger partial charge on any atom is 2.00 e. The van der Waals surface area contributed by atoms with Gasteiger partial charge < -0.3 is 9.97 Å². The maximum absolute atomic E-state index is 5.86. The molecule has 0 radical (unpaired) electrons. The molecule has 0 unspecified atom stereocenters. The van der Waals surface area contributed by atoms with Gasteiger partial charge in [0.05, 0.1) is 22.8 Å². The van der Waals surface area contributed by atoms with Gasteiger partial charge in [0.25, 0.3) is 0 Å². The molecule has 0 fully saturated rings. The summed E-state index contributed by atoms with van der Waals surface area (Å²) in [5.74, 6) is 0. The number of aromatic nitrogens is 4. The summed E-state index contributed by atoms with van der Waals surface area (Å²) in [5, 5.41) is 9.23. The fraction of sp³-hybridized carbons (Fsp3) is 0.211. The first-order valence-corrected chi connectivity index (χ1v) is 28.4. The Morgan fingerprint density at radius 3 is 0.790 bits per heavy atom. The van der Waals surface area contributed by atoms with Crippen LogP contribution in [-0.2, 0) is 41.1 Å². The first-order valence-electron chi connectivity index (χ1n) is 28.4. The Bertz CT molecular complexity index is 4160. The van der Waals surface area contributed by atoms with Crippen molar-refractivity contribution in [1.82, 2.24) is 19.9 Å². The summed E-state index contributed by atoms with van der Waals surface area (Å²) in [5.41, 5.74) is 19.6. The number of benzene rings is 8. The van der Waals surface area contributed by atoms with Crippen LogP contribution in [0.3, 0.4) is 0 Å². The summed E-state index contributed by atoms with van der Waals surface area (Å²) >= 11 is 0. The van der Waals surface area contributed by atoms with Crippen molar-refractivity contribution in [3.05, 3.63) is 215 Å². The summed E-state index contributed by atoms with van der Waals surface area (Å²) in [7, 11) is 0. The van der Waals surface area contributed by atoms with Gasteiger partial charge in [-0.05, 0) is 168 Å². The Morgan fingerprint density at radius 2 is 0.519 bits per heavy atom. The second kappa shape index (κ2) is 19.6. The van der Waals surface area contributed by atoms with Crippen LogP contribution in [0, 0.1) is 0 Å². The van der Waals surface area contributed by atoms with Gasteiger partial charge in [0, 0.05) is 0 Å². The number of hydrogen-bond acceptors (Lipinski definition) is 2. The van der Waals surface area contributed by atoms with E-state index >= 15 is 0 Å². The number of rotatable bonds is 4.